The first-order chi connectivity index (χ1) is 10.1. The van der Waals surface area contributed by atoms with E-state index >= 15 is 0 Å². The van der Waals surface area contributed by atoms with E-state index in [0.29, 0.717) is 11.6 Å². The topological polar surface area (TPSA) is 72.7 Å². The van der Waals surface area contributed by atoms with Crippen molar-refractivity contribution in [3.63, 3.8) is 0 Å². The van der Waals surface area contributed by atoms with Crippen LogP contribution in [-0.2, 0) is 4.79 Å². The third-order valence-corrected chi connectivity index (χ3v) is 2.68. The fourth-order valence-electron chi connectivity index (χ4n) is 1.91. The van der Waals surface area contributed by atoms with Gasteiger partial charge < -0.3 is 5.32 Å². The van der Waals surface area contributed by atoms with Gasteiger partial charge in [0.15, 0.2) is 5.82 Å². The van der Waals surface area contributed by atoms with Gasteiger partial charge in [0.25, 0.3) is 5.95 Å². The minimum absolute atomic E-state index is 0.0227. The first kappa shape index (κ1) is 15.9. The lowest BCUT2D eigenvalue weighted by molar-refractivity contribution is -0.150. The van der Waals surface area contributed by atoms with Gasteiger partial charge in [0.05, 0.1) is 0 Å². The average molecular weight is 313 g/mol. The van der Waals surface area contributed by atoms with E-state index in [0.717, 1.165) is 11.4 Å². The Kier molecular flexibility index (Phi) is 4.16. The number of hydrogen-bond donors (Lipinski definition) is 1. The second-order valence-corrected chi connectivity index (χ2v) is 4.87. The highest BCUT2D eigenvalue weighted by atomic mass is 19.4. The summed E-state index contributed by atoms with van der Waals surface area (Å²) in [6, 6.07) is 3.24. The van der Waals surface area contributed by atoms with Crippen molar-refractivity contribution in [3.05, 3.63) is 29.2 Å². The fourth-order valence-corrected chi connectivity index (χ4v) is 1.91. The summed E-state index contributed by atoms with van der Waals surface area (Å²) in [5.74, 6) is -0.848. The highest BCUT2D eigenvalue weighted by Crippen LogP contribution is 2.20. The molecule has 2 aromatic heterocycles. The Morgan fingerprint density at radius 2 is 1.77 bits per heavy atom. The van der Waals surface area contributed by atoms with Gasteiger partial charge in [-0.15, -0.1) is 5.10 Å². The summed E-state index contributed by atoms with van der Waals surface area (Å²) >= 11 is 0. The Balaban J connectivity index is 2.23. The van der Waals surface area contributed by atoms with E-state index in [-0.39, 0.29) is 5.82 Å². The number of amides is 1. The predicted molar refractivity (Wildman–Crippen MR) is 72.7 cm³/mol. The van der Waals surface area contributed by atoms with Gasteiger partial charge in [-0.25, -0.2) is 14.6 Å². The van der Waals surface area contributed by atoms with Crippen molar-refractivity contribution < 1.29 is 18.0 Å². The molecule has 118 valence electrons. The van der Waals surface area contributed by atoms with E-state index in [1.807, 2.05) is 0 Å². The van der Waals surface area contributed by atoms with Crippen molar-refractivity contribution in [3.8, 4) is 5.95 Å². The van der Waals surface area contributed by atoms with Gasteiger partial charge in [0.1, 0.15) is 6.42 Å². The van der Waals surface area contributed by atoms with Crippen LogP contribution in [0.1, 0.15) is 23.5 Å². The van der Waals surface area contributed by atoms with E-state index < -0.39 is 18.5 Å². The number of halogens is 3. The van der Waals surface area contributed by atoms with Crippen LogP contribution in [0.15, 0.2) is 12.1 Å². The van der Waals surface area contributed by atoms with Crippen LogP contribution >= 0.6 is 0 Å². The zero-order chi connectivity index (χ0) is 16.5. The smallest absolute Gasteiger partial charge is 0.309 e. The largest absolute Gasteiger partial charge is 0.397 e. The quantitative estimate of drug-likeness (QED) is 0.945. The maximum atomic E-state index is 12.1. The Hall–Kier alpha value is -2.45. The van der Waals surface area contributed by atoms with Crippen LogP contribution in [0.4, 0.5) is 19.0 Å². The van der Waals surface area contributed by atoms with E-state index in [1.165, 1.54) is 10.7 Å². The van der Waals surface area contributed by atoms with Crippen molar-refractivity contribution >= 4 is 11.7 Å². The van der Waals surface area contributed by atoms with Crippen molar-refractivity contribution in [2.24, 2.45) is 0 Å². The number of hydrogen-bond acceptors (Lipinski definition) is 4. The molecule has 0 aromatic carbocycles. The second-order valence-electron chi connectivity index (χ2n) is 4.87. The standard InChI is InChI=1S/C13H14F3N5O/c1-7-4-8(2)18-12(17-7)21-9(3)5-10(20-21)19-11(22)6-13(14,15)16/h4-5H,6H2,1-3H3,(H,19,20,22). The van der Waals surface area contributed by atoms with Crippen LogP contribution in [0.3, 0.4) is 0 Å². The third kappa shape index (κ3) is 4.03. The lowest BCUT2D eigenvalue weighted by Crippen LogP contribution is -2.21. The van der Waals surface area contributed by atoms with Gasteiger partial charge in [0.2, 0.25) is 5.91 Å². The molecule has 9 heteroatoms. The molecular weight excluding hydrogens is 299 g/mol. The Morgan fingerprint density at radius 1 is 1.18 bits per heavy atom. The molecule has 6 nitrogen and oxygen atoms in total. The van der Waals surface area contributed by atoms with Crippen molar-refractivity contribution in [2.45, 2.75) is 33.4 Å². The number of aromatic nitrogens is 4. The molecular formula is C13H14F3N5O. The summed E-state index contributed by atoms with van der Waals surface area (Å²) in [7, 11) is 0. The summed E-state index contributed by atoms with van der Waals surface area (Å²) < 4.78 is 37.8. The number of carbonyl (C=O) groups excluding carboxylic acids is 1. The van der Waals surface area contributed by atoms with Gasteiger partial charge in [-0.1, -0.05) is 0 Å². The lowest BCUT2D eigenvalue weighted by atomic mass is 10.3. The molecule has 1 N–H and O–H groups in total. The van der Waals surface area contributed by atoms with E-state index in [4.69, 9.17) is 0 Å². The van der Waals surface area contributed by atoms with E-state index in [2.05, 4.69) is 20.4 Å². The molecule has 0 aliphatic carbocycles. The maximum absolute atomic E-state index is 12.1. The van der Waals surface area contributed by atoms with Gasteiger partial charge in [-0.05, 0) is 26.8 Å². The SMILES string of the molecule is Cc1cc(C)nc(-n2nc(NC(=O)CC(F)(F)F)cc2C)n1. The molecule has 1 amide bonds. The number of alkyl halides is 3. The monoisotopic (exact) mass is 313 g/mol. The molecule has 0 atom stereocenters. The van der Waals surface area contributed by atoms with Gasteiger partial charge in [-0.3, -0.25) is 4.79 Å². The Labute approximate surface area is 124 Å². The molecule has 0 spiro atoms. The van der Waals surface area contributed by atoms with Gasteiger partial charge in [-0.2, -0.15) is 13.2 Å². The Morgan fingerprint density at radius 3 is 2.32 bits per heavy atom. The average Bonchev–Trinajstić information content (AvgIpc) is 2.66. The normalized spacial score (nSPS) is 11.5. The van der Waals surface area contributed by atoms with Crippen LogP contribution in [0, 0.1) is 20.8 Å². The number of rotatable bonds is 3. The summed E-state index contributed by atoms with van der Waals surface area (Å²) in [5, 5.41) is 6.14. The third-order valence-electron chi connectivity index (χ3n) is 2.68. The molecule has 0 aliphatic rings. The Bertz CT molecular complexity index is 688. The van der Waals surface area contributed by atoms with E-state index in [1.54, 1.807) is 26.8 Å². The molecule has 0 aliphatic heterocycles. The molecule has 2 rings (SSSR count). The van der Waals surface area contributed by atoms with Crippen molar-refractivity contribution in [1.29, 1.82) is 0 Å². The zero-order valence-electron chi connectivity index (χ0n) is 12.2. The fraction of sp³-hybridized carbons (Fsp3) is 0.385. The molecule has 0 bridgehead atoms. The van der Waals surface area contributed by atoms with Crippen molar-refractivity contribution in [1.82, 2.24) is 19.7 Å². The molecule has 0 unspecified atom stereocenters. The van der Waals surface area contributed by atoms with Gasteiger partial charge >= 0.3 is 6.18 Å². The van der Waals surface area contributed by atoms with E-state index in [9.17, 15) is 18.0 Å². The number of aryl methyl sites for hydroxylation is 3. The molecule has 22 heavy (non-hydrogen) atoms. The number of carbonyl (C=O) groups is 1. The first-order valence-electron chi connectivity index (χ1n) is 6.40. The lowest BCUT2D eigenvalue weighted by Gasteiger charge is -2.06. The minimum Gasteiger partial charge on any atom is -0.309 e. The molecule has 2 aromatic rings. The molecule has 0 saturated heterocycles. The molecule has 0 fully saturated rings. The minimum atomic E-state index is -4.56. The number of anilines is 1. The molecule has 0 saturated carbocycles. The maximum Gasteiger partial charge on any atom is 0.397 e. The number of nitrogens with zero attached hydrogens (tertiary/aromatic N) is 4. The summed E-state index contributed by atoms with van der Waals surface area (Å²) in [4.78, 5) is 19.7. The van der Waals surface area contributed by atoms with Crippen LogP contribution in [0.5, 0.6) is 0 Å². The predicted octanol–water partition coefficient (Wildman–Crippen LogP) is 2.48. The first-order valence-corrected chi connectivity index (χ1v) is 6.40. The molecule has 0 radical (unpaired) electrons. The number of nitrogens with one attached hydrogen (secondary N) is 1. The summed E-state index contributed by atoms with van der Waals surface area (Å²) in [5.41, 5.74) is 2.06. The van der Waals surface area contributed by atoms with Crippen molar-refractivity contribution in [2.75, 3.05) is 5.32 Å². The van der Waals surface area contributed by atoms with Gasteiger partial charge in [0, 0.05) is 23.1 Å². The molecule has 2 heterocycles. The highest BCUT2D eigenvalue weighted by Gasteiger charge is 2.31. The zero-order valence-corrected chi connectivity index (χ0v) is 12.2. The van der Waals surface area contributed by atoms with Crippen LogP contribution in [0.2, 0.25) is 0 Å². The second kappa shape index (κ2) is 5.74. The summed E-state index contributed by atoms with van der Waals surface area (Å²) in [6.45, 7) is 5.28. The van der Waals surface area contributed by atoms with Crippen LogP contribution < -0.4 is 5.32 Å². The van der Waals surface area contributed by atoms with Crippen LogP contribution in [0.25, 0.3) is 5.95 Å². The highest BCUT2D eigenvalue weighted by molar-refractivity contribution is 5.90. The summed E-state index contributed by atoms with van der Waals surface area (Å²) in [6.07, 6.45) is -6.11. The van der Waals surface area contributed by atoms with Crippen LogP contribution in [-0.4, -0.2) is 31.8 Å².